The monoisotopic (exact) mass is 215 g/mol. The largest absolute Gasteiger partial charge is 0.494 e. The fraction of sp³-hybridized carbons (Fsp3) is 0.0833. The number of aromatic nitrogens is 1. The van der Waals surface area contributed by atoms with Crippen molar-refractivity contribution in [1.29, 1.82) is 0 Å². The van der Waals surface area contributed by atoms with Gasteiger partial charge in [-0.2, -0.15) is 0 Å². The van der Waals surface area contributed by atoms with E-state index in [0.29, 0.717) is 5.57 Å². The van der Waals surface area contributed by atoms with E-state index in [1.54, 1.807) is 6.26 Å². The summed E-state index contributed by atoms with van der Waals surface area (Å²) in [5.74, 6) is -0.931. The van der Waals surface area contributed by atoms with Gasteiger partial charge in [-0.3, -0.25) is 0 Å². The predicted octanol–water partition coefficient (Wildman–Crippen LogP) is 0.171. The van der Waals surface area contributed by atoms with Gasteiger partial charge in [-0.05, 0) is 6.07 Å². The van der Waals surface area contributed by atoms with E-state index in [2.05, 4.69) is 4.98 Å². The van der Waals surface area contributed by atoms with E-state index >= 15 is 0 Å². The fourth-order valence-corrected chi connectivity index (χ4v) is 2.03. The quantitative estimate of drug-likeness (QED) is 0.713. The lowest BCUT2D eigenvalue weighted by molar-refractivity contribution is -0.130. The Labute approximate surface area is 90.5 Å². The highest BCUT2D eigenvalue weighted by atomic mass is 16.5. The molecule has 2 heterocycles. The third kappa shape index (κ3) is 1.13. The molecule has 0 radical (unpaired) electrons. The van der Waals surface area contributed by atoms with E-state index in [0.717, 1.165) is 21.5 Å². The maximum atomic E-state index is 11.1. The highest BCUT2D eigenvalue weighted by molar-refractivity contribution is 6.11. The minimum absolute atomic E-state index is 0.115. The Bertz CT molecular complexity index is 697. The summed E-state index contributed by atoms with van der Waals surface area (Å²) in [4.78, 5) is 14.3. The standard InChI is InChI=1S/C12H9NO3/c14-12(15)8-5-16-6-10-11(8)7-3-1-2-4-9(7)13-10/h1-4,6,13H,5H2,(H,14,15). The van der Waals surface area contributed by atoms with Crippen LogP contribution in [-0.2, 0) is 9.53 Å². The van der Waals surface area contributed by atoms with Crippen LogP contribution in [0.5, 0.6) is 0 Å². The molecular formula is C12H9NO3. The topological polar surface area (TPSA) is 62.3 Å². The zero-order valence-electron chi connectivity index (χ0n) is 8.36. The first-order valence-electron chi connectivity index (χ1n) is 4.92. The minimum atomic E-state index is -0.931. The molecule has 0 spiro atoms. The van der Waals surface area contributed by atoms with Gasteiger partial charge >= 0.3 is 5.97 Å². The average molecular weight is 215 g/mol. The second-order valence-electron chi connectivity index (χ2n) is 3.67. The van der Waals surface area contributed by atoms with Crippen molar-refractivity contribution in [3.05, 3.63) is 34.8 Å². The Morgan fingerprint density at radius 1 is 1.38 bits per heavy atom. The Morgan fingerprint density at radius 2 is 2.19 bits per heavy atom. The first kappa shape index (κ1) is 9.03. The lowest BCUT2D eigenvalue weighted by atomic mass is 10.1. The van der Waals surface area contributed by atoms with E-state index in [1.807, 2.05) is 24.3 Å². The fourth-order valence-electron chi connectivity index (χ4n) is 2.03. The maximum Gasteiger partial charge on any atom is 0.335 e. The van der Waals surface area contributed by atoms with E-state index < -0.39 is 5.97 Å². The Hall–Kier alpha value is -2.23. The molecule has 0 saturated carbocycles. The number of nitrogens with one attached hydrogen (secondary N) is 1. The number of hydrogen-bond donors (Lipinski definition) is 2. The molecule has 4 nitrogen and oxygen atoms in total. The van der Waals surface area contributed by atoms with Crippen LogP contribution in [0.3, 0.4) is 0 Å². The summed E-state index contributed by atoms with van der Waals surface area (Å²) in [6, 6.07) is 7.63. The lowest BCUT2D eigenvalue weighted by Crippen LogP contribution is -2.33. The summed E-state index contributed by atoms with van der Waals surface area (Å²) in [5, 5.41) is 11.5. The van der Waals surface area contributed by atoms with Crippen LogP contribution in [-0.4, -0.2) is 22.7 Å². The van der Waals surface area contributed by atoms with Crippen LogP contribution in [0.15, 0.2) is 24.3 Å². The van der Waals surface area contributed by atoms with Crippen LogP contribution < -0.4 is 10.6 Å². The summed E-state index contributed by atoms with van der Waals surface area (Å²) in [6.07, 6.45) is 1.57. The molecule has 1 aliphatic rings. The van der Waals surface area contributed by atoms with Crippen LogP contribution in [0.25, 0.3) is 22.7 Å². The summed E-state index contributed by atoms with van der Waals surface area (Å²) in [6.45, 7) is 0.115. The van der Waals surface area contributed by atoms with E-state index in [9.17, 15) is 4.79 Å². The van der Waals surface area contributed by atoms with Gasteiger partial charge in [0.25, 0.3) is 0 Å². The number of aromatic amines is 1. The summed E-state index contributed by atoms with van der Waals surface area (Å²) in [7, 11) is 0. The van der Waals surface area contributed by atoms with Crippen molar-refractivity contribution >= 4 is 28.7 Å². The summed E-state index contributed by atoms with van der Waals surface area (Å²) in [5.41, 5.74) is 1.22. The number of fused-ring (bicyclic) bond motifs is 3. The molecule has 80 valence electrons. The van der Waals surface area contributed by atoms with Crippen LogP contribution in [0.4, 0.5) is 0 Å². The number of H-pyrrole nitrogens is 1. The molecule has 0 fully saturated rings. The molecule has 0 unspecified atom stereocenters. The minimum Gasteiger partial charge on any atom is -0.494 e. The van der Waals surface area contributed by atoms with E-state index in [4.69, 9.17) is 9.84 Å². The predicted molar refractivity (Wildman–Crippen MR) is 59.0 cm³/mol. The number of para-hydroxylation sites is 1. The van der Waals surface area contributed by atoms with Crippen molar-refractivity contribution in [2.45, 2.75) is 0 Å². The molecule has 1 aromatic heterocycles. The van der Waals surface area contributed by atoms with Crippen LogP contribution in [0.1, 0.15) is 0 Å². The Morgan fingerprint density at radius 3 is 3.00 bits per heavy atom. The second-order valence-corrected chi connectivity index (χ2v) is 3.67. The molecule has 1 aromatic carbocycles. The Balaban J connectivity index is 2.59. The Kier molecular flexibility index (Phi) is 1.77. The number of carbonyl (C=O) groups is 1. The highest BCUT2D eigenvalue weighted by Gasteiger charge is 2.15. The van der Waals surface area contributed by atoms with Crippen molar-refractivity contribution in [1.82, 2.24) is 4.98 Å². The number of carboxylic acids is 1. The number of rotatable bonds is 1. The van der Waals surface area contributed by atoms with E-state index in [-0.39, 0.29) is 6.61 Å². The lowest BCUT2D eigenvalue weighted by Gasteiger charge is -2.05. The van der Waals surface area contributed by atoms with Gasteiger partial charge < -0.3 is 14.8 Å². The molecule has 1 aliphatic heterocycles. The number of aliphatic carboxylic acids is 1. The van der Waals surface area contributed by atoms with Crippen molar-refractivity contribution in [2.24, 2.45) is 0 Å². The third-order valence-electron chi connectivity index (χ3n) is 2.72. The van der Waals surface area contributed by atoms with Crippen molar-refractivity contribution in [3.8, 4) is 0 Å². The first-order chi connectivity index (χ1) is 7.77. The van der Waals surface area contributed by atoms with Crippen molar-refractivity contribution < 1.29 is 14.6 Å². The molecule has 2 aromatic rings. The van der Waals surface area contributed by atoms with Crippen molar-refractivity contribution in [2.75, 3.05) is 6.61 Å². The van der Waals surface area contributed by atoms with Crippen LogP contribution >= 0.6 is 0 Å². The van der Waals surface area contributed by atoms with Gasteiger partial charge in [0.15, 0.2) is 0 Å². The molecule has 3 rings (SSSR count). The van der Waals surface area contributed by atoms with Gasteiger partial charge in [0.05, 0.1) is 10.9 Å². The molecule has 0 atom stereocenters. The second kappa shape index (κ2) is 3.13. The third-order valence-corrected chi connectivity index (χ3v) is 2.72. The number of hydrogen-bond acceptors (Lipinski definition) is 2. The summed E-state index contributed by atoms with van der Waals surface area (Å²) >= 11 is 0. The number of carboxylic acid groups (broad SMARTS) is 1. The summed E-state index contributed by atoms with van der Waals surface area (Å²) < 4.78 is 5.13. The normalized spacial score (nSPS) is 14.1. The molecule has 0 bridgehead atoms. The first-order valence-corrected chi connectivity index (χ1v) is 4.92. The SMILES string of the molecule is O=C(O)C1=c2c([nH]c3ccccc23)=COC1. The number of benzene rings is 1. The molecule has 0 saturated heterocycles. The van der Waals surface area contributed by atoms with Crippen molar-refractivity contribution in [3.63, 3.8) is 0 Å². The molecule has 0 amide bonds. The highest BCUT2D eigenvalue weighted by Crippen LogP contribution is 2.08. The molecule has 4 heteroatoms. The van der Waals surface area contributed by atoms with Gasteiger partial charge in [0.2, 0.25) is 0 Å². The van der Waals surface area contributed by atoms with Gasteiger partial charge in [-0.1, -0.05) is 18.2 Å². The van der Waals surface area contributed by atoms with E-state index in [1.165, 1.54) is 0 Å². The van der Waals surface area contributed by atoms with Crippen LogP contribution in [0.2, 0.25) is 0 Å². The van der Waals surface area contributed by atoms with Gasteiger partial charge in [-0.15, -0.1) is 0 Å². The van der Waals surface area contributed by atoms with Gasteiger partial charge in [0.1, 0.15) is 12.9 Å². The number of ether oxygens (including phenoxy) is 1. The molecule has 0 aliphatic carbocycles. The zero-order chi connectivity index (χ0) is 11.1. The molecule has 2 N–H and O–H groups in total. The maximum absolute atomic E-state index is 11.1. The smallest absolute Gasteiger partial charge is 0.335 e. The molecule has 16 heavy (non-hydrogen) atoms. The van der Waals surface area contributed by atoms with Crippen LogP contribution in [0, 0.1) is 0 Å². The average Bonchev–Trinajstić information content (AvgIpc) is 2.66. The zero-order valence-corrected chi connectivity index (χ0v) is 8.36. The van der Waals surface area contributed by atoms with Gasteiger partial charge in [0, 0.05) is 16.1 Å². The molecular weight excluding hydrogens is 206 g/mol. The van der Waals surface area contributed by atoms with Gasteiger partial charge in [-0.25, -0.2) is 4.79 Å².